The molecule has 0 saturated carbocycles. The van der Waals surface area contributed by atoms with E-state index in [4.69, 9.17) is 18.1 Å². The molecule has 0 spiro atoms. The van der Waals surface area contributed by atoms with Gasteiger partial charge < -0.3 is 5.32 Å². The summed E-state index contributed by atoms with van der Waals surface area (Å²) in [5.41, 5.74) is 0.0475. The van der Waals surface area contributed by atoms with Gasteiger partial charge in [0.15, 0.2) is 5.11 Å². The molecule has 0 aromatic rings. The average Bonchev–Trinajstić information content (AvgIpc) is 1.79. The molecule has 1 fully saturated rings. The van der Waals surface area contributed by atoms with Crippen molar-refractivity contribution in [3.63, 3.8) is 0 Å². The van der Waals surface area contributed by atoms with Crippen molar-refractivity contribution < 1.29 is 0 Å². The summed E-state index contributed by atoms with van der Waals surface area (Å²) in [7, 11) is 0. The summed E-state index contributed by atoms with van der Waals surface area (Å²) in [5.74, 6) is 5.48. The molecule has 1 heterocycles. The predicted molar refractivity (Wildman–Crippen MR) is 40.7 cm³/mol. The van der Waals surface area contributed by atoms with Crippen molar-refractivity contribution in [2.45, 2.75) is 19.4 Å². The first-order chi connectivity index (χ1) is 4.01. The van der Waals surface area contributed by atoms with Crippen LogP contribution in [-0.4, -0.2) is 22.2 Å². The Labute approximate surface area is 60.2 Å². The van der Waals surface area contributed by atoms with E-state index in [-0.39, 0.29) is 5.54 Å². The van der Waals surface area contributed by atoms with Crippen molar-refractivity contribution in [1.82, 2.24) is 10.3 Å². The highest BCUT2D eigenvalue weighted by molar-refractivity contribution is 7.80. The first-order valence-electron chi connectivity index (χ1n) is 2.86. The standard InChI is InChI=1S/C5H11N3S/c1-5(2)3-8(6)4(9)7-5/h3,6H2,1-2H3,(H,7,9). The topological polar surface area (TPSA) is 41.3 Å². The van der Waals surface area contributed by atoms with Crippen molar-refractivity contribution >= 4 is 17.3 Å². The zero-order valence-electron chi connectivity index (χ0n) is 5.64. The SMILES string of the molecule is CC1(C)CN(N)C(=S)N1. The van der Waals surface area contributed by atoms with E-state index >= 15 is 0 Å². The lowest BCUT2D eigenvalue weighted by atomic mass is 10.1. The van der Waals surface area contributed by atoms with Gasteiger partial charge in [0.1, 0.15) is 0 Å². The quantitative estimate of drug-likeness (QED) is 0.367. The van der Waals surface area contributed by atoms with Crippen molar-refractivity contribution in [2.75, 3.05) is 6.54 Å². The van der Waals surface area contributed by atoms with Gasteiger partial charge >= 0.3 is 0 Å². The lowest BCUT2D eigenvalue weighted by Gasteiger charge is -2.14. The molecule has 1 aliphatic rings. The highest BCUT2D eigenvalue weighted by Crippen LogP contribution is 2.10. The summed E-state index contributed by atoms with van der Waals surface area (Å²) in [6.45, 7) is 4.91. The summed E-state index contributed by atoms with van der Waals surface area (Å²) < 4.78 is 0. The smallest absolute Gasteiger partial charge is 0.183 e. The van der Waals surface area contributed by atoms with Crippen LogP contribution in [0.15, 0.2) is 0 Å². The van der Waals surface area contributed by atoms with Crippen LogP contribution in [0.5, 0.6) is 0 Å². The van der Waals surface area contributed by atoms with E-state index in [0.29, 0.717) is 5.11 Å². The Morgan fingerprint density at radius 1 is 1.78 bits per heavy atom. The second kappa shape index (κ2) is 1.82. The molecule has 0 amide bonds. The molecular formula is C5H11N3S. The molecule has 1 aliphatic heterocycles. The number of hydrogen-bond acceptors (Lipinski definition) is 2. The van der Waals surface area contributed by atoms with Crippen LogP contribution in [0.1, 0.15) is 13.8 Å². The number of nitrogens with zero attached hydrogens (tertiary/aromatic N) is 1. The number of rotatable bonds is 0. The van der Waals surface area contributed by atoms with Gasteiger partial charge in [-0.05, 0) is 26.1 Å². The number of thiocarbonyl (C=S) groups is 1. The Bertz CT molecular complexity index is 143. The molecular weight excluding hydrogens is 134 g/mol. The van der Waals surface area contributed by atoms with Crippen molar-refractivity contribution in [3.8, 4) is 0 Å². The molecule has 0 radical (unpaired) electrons. The summed E-state index contributed by atoms with van der Waals surface area (Å²) in [5, 5.41) is 5.27. The van der Waals surface area contributed by atoms with Crippen molar-refractivity contribution in [1.29, 1.82) is 0 Å². The zero-order valence-corrected chi connectivity index (χ0v) is 6.46. The maximum absolute atomic E-state index is 5.48. The van der Waals surface area contributed by atoms with E-state index < -0.39 is 0 Å². The highest BCUT2D eigenvalue weighted by Gasteiger charge is 2.29. The number of hydrazine groups is 1. The molecule has 4 heteroatoms. The van der Waals surface area contributed by atoms with E-state index in [1.807, 2.05) is 0 Å². The molecule has 0 atom stereocenters. The van der Waals surface area contributed by atoms with Gasteiger partial charge in [0.2, 0.25) is 0 Å². The Hall–Kier alpha value is -0.350. The Kier molecular flexibility index (Phi) is 1.36. The van der Waals surface area contributed by atoms with E-state index in [9.17, 15) is 0 Å². The van der Waals surface area contributed by atoms with Gasteiger partial charge in [0.05, 0.1) is 12.1 Å². The molecule has 3 nitrogen and oxygen atoms in total. The second-order valence-corrected chi connectivity index (χ2v) is 3.33. The molecule has 0 unspecified atom stereocenters. The van der Waals surface area contributed by atoms with Crippen LogP contribution >= 0.6 is 12.2 Å². The van der Waals surface area contributed by atoms with Crippen LogP contribution in [0.4, 0.5) is 0 Å². The average molecular weight is 145 g/mol. The van der Waals surface area contributed by atoms with E-state index in [1.54, 1.807) is 5.01 Å². The summed E-state index contributed by atoms with van der Waals surface area (Å²) >= 11 is 4.88. The normalized spacial score (nSPS) is 24.3. The van der Waals surface area contributed by atoms with Crippen molar-refractivity contribution in [3.05, 3.63) is 0 Å². The van der Waals surface area contributed by atoms with Gasteiger partial charge in [-0.3, -0.25) is 5.01 Å². The van der Waals surface area contributed by atoms with E-state index in [1.165, 1.54) is 0 Å². The maximum atomic E-state index is 5.48. The third-order valence-electron chi connectivity index (χ3n) is 1.27. The minimum absolute atomic E-state index is 0.0475. The first-order valence-corrected chi connectivity index (χ1v) is 3.26. The van der Waals surface area contributed by atoms with Crippen LogP contribution in [-0.2, 0) is 0 Å². The molecule has 0 bridgehead atoms. The fraction of sp³-hybridized carbons (Fsp3) is 0.800. The molecule has 1 rings (SSSR count). The number of hydrogen-bond donors (Lipinski definition) is 2. The van der Waals surface area contributed by atoms with Gasteiger partial charge in [-0.15, -0.1) is 0 Å². The Morgan fingerprint density at radius 3 is 2.44 bits per heavy atom. The summed E-state index contributed by atoms with van der Waals surface area (Å²) in [4.78, 5) is 0. The number of nitrogens with two attached hydrogens (primary N) is 1. The van der Waals surface area contributed by atoms with Gasteiger partial charge in [-0.1, -0.05) is 0 Å². The highest BCUT2D eigenvalue weighted by atomic mass is 32.1. The molecule has 52 valence electrons. The maximum Gasteiger partial charge on any atom is 0.183 e. The lowest BCUT2D eigenvalue weighted by molar-refractivity contribution is 0.391. The molecule has 1 saturated heterocycles. The molecule has 0 aliphatic carbocycles. The van der Waals surface area contributed by atoms with Crippen LogP contribution in [0, 0.1) is 0 Å². The molecule has 0 aromatic carbocycles. The first kappa shape index (κ1) is 6.77. The summed E-state index contributed by atoms with van der Waals surface area (Å²) in [6.07, 6.45) is 0. The van der Waals surface area contributed by atoms with Crippen LogP contribution in [0.2, 0.25) is 0 Å². The van der Waals surface area contributed by atoms with Gasteiger partial charge in [-0.2, -0.15) is 0 Å². The second-order valence-electron chi connectivity index (χ2n) is 2.94. The molecule has 9 heavy (non-hydrogen) atoms. The van der Waals surface area contributed by atoms with E-state index in [0.717, 1.165) is 6.54 Å². The minimum atomic E-state index is 0.0475. The number of nitrogens with one attached hydrogen (secondary N) is 1. The minimum Gasteiger partial charge on any atom is -0.355 e. The van der Waals surface area contributed by atoms with Crippen LogP contribution in [0.25, 0.3) is 0 Å². The Balaban J connectivity index is 2.65. The van der Waals surface area contributed by atoms with Crippen LogP contribution < -0.4 is 11.2 Å². The third kappa shape index (κ3) is 1.31. The van der Waals surface area contributed by atoms with Gasteiger partial charge in [0, 0.05) is 0 Å². The lowest BCUT2D eigenvalue weighted by Crippen LogP contribution is -2.36. The largest absolute Gasteiger partial charge is 0.355 e. The van der Waals surface area contributed by atoms with Crippen LogP contribution in [0.3, 0.4) is 0 Å². The zero-order chi connectivity index (χ0) is 7.07. The molecule has 0 aromatic heterocycles. The Morgan fingerprint density at radius 2 is 2.33 bits per heavy atom. The summed E-state index contributed by atoms with van der Waals surface area (Å²) in [6, 6.07) is 0. The van der Waals surface area contributed by atoms with Gasteiger partial charge in [0.25, 0.3) is 0 Å². The molecule has 3 N–H and O–H groups in total. The van der Waals surface area contributed by atoms with E-state index in [2.05, 4.69) is 19.2 Å². The predicted octanol–water partition coefficient (Wildman–Crippen LogP) is -0.171. The van der Waals surface area contributed by atoms with Crippen molar-refractivity contribution in [2.24, 2.45) is 5.84 Å². The monoisotopic (exact) mass is 145 g/mol. The fourth-order valence-electron chi connectivity index (χ4n) is 0.898. The van der Waals surface area contributed by atoms with Gasteiger partial charge in [-0.25, -0.2) is 5.84 Å². The third-order valence-corrected chi connectivity index (χ3v) is 1.61. The fourth-order valence-corrected chi connectivity index (χ4v) is 1.24.